The monoisotopic (exact) mass is 271 g/mol. The molecule has 2 N–H and O–H groups in total. The van der Waals surface area contributed by atoms with E-state index < -0.39 is 0 Å². The van der Waals surface area contributed by atoms with Crippen LogP contribution in [0.2, 0.25) is 0 Å². The third-order valence-corrected chi connectivity index (χ3v) is 3.27. The second-order valence-electron chi connectivity index (χ2n) is 4.94. The molecule has 0 aromatic rings. The average Bonchev–Trinajstić information content (AvgIpc) is 2.40. The zero-order valence-corrected chi connectivity index (χ0v) is 11.9. The molecule has 6 nitrogen and oxygen atoms in total. The van der Waals surface area contributed by atoms with Gasteiger partial charge in [0.1, 0.15) is 0 Å². The summed E-state index contributed by atoms with van der Waals surface area (Å²) in [7, 11) is 3.25. The van der Waals surface area contributed by atoms with Gasteiger partial charge in [0, 0.05) is 33.2 Å². The van der Waals surface area contributed by atoms with Gasteiger partial charge in [-0.2, -0.15) is 0 Å². The summed E-state index contributed by atoms with van der Waals surface area (Å²) in [6.07, 6.45) is 3.87. The highest BCUT2D eigenvalue weighted by Gasteiger charge is 2.19. The first-order valence-corrected chi connectivity index (χ1v) is 6.86. The van der Waals surface area contributed by atoms with Crippen LogP contribution in [0.1, 0.15) is 25.7 Å². The number of ether oxygens (including phenoxy) is 1. The van der Waals surface area contributed by atoms with Gasteiger partial charge in [-0.05, 0) is 19.4 Å². The molecule has 19 heavy (non-hydrogen) atoms. The van der Waals surface area contributed by atoms with E-state index in [0.29, 0.717) is 19.6 Å². The van der Waals surface area contributed by atoms with Gasteiger partial charge < -0.3 is 20.3 Å². The van der Waals surface area contributed by atoms with E-state index in [1.54, 1.807) is 14.2 Å². The van der Waals surface area contributed by atoms with Gasteiger partial charge in [-0.25, -0.2) is 0 Å². The van der Waals surface area contributed by atoms with Crippen molar-refractivity contribution in [2.45, 2.75) is 31.7 Å². The predicted octanol–water partition coefficient (Wildman–Crippen LogP) is -0.260. The van der Waals surface area contributed by atoms with Gasteiger partial charge in [-0.3, -0.25) is 9.59 Å². The van der Waals surface area contributed by atoms with E-state index in [1.807, 2.05) is 0 Å². The lowest BCUT2D eigenvalue weighted by Gasteiger charge is -2.25. The van der Waals surface area contributed by atoms with Crippen LogP contribution in [0.25, 0.3) is 0 Å². The van der Waals surface area contributed by atoms with Gasteiger partial charge in [-0.15, -0.1) is 0 Å². The first-order chi connectivity index (χ1) is 9.13. The second kappa shape index (κ2) is 8.87. The van der Waals surface area contributed by atoms with Crippen LogP contribution in [0, 0.1) is 0 Å². The third kappa shape index (κ3) is 6.54. The Balaban J connectivity index is 2.21. The lowest BCUT2D eigenvalue weighted by molar-refractivity contribution is -0.135. The van der Waals surface area contributed by atoms with Gasteiger partial charge in [0.05, 0.1) is 13.2 Å². The molecule has 1 unspecified atom stereocenters. The topological polar surface area (TPSA) is 70.7 Å². The number of hydrogen-bond acceptors (Lipinski definition) is 4. The summed E-state index contributed by atoms with van der Waals surface area (Å²) in [5.74, 6) is -0.134. The maximum Gasteiger partial charge on any atom is 0.239 e. The molecule has 1 aliphatic heterocycles. The molecule has 0 aromatic heterocycles. The number of likely N-dealkylation sites (N-methyl/N-ethyl adjacent to an activating group) is 1. The molecular formula is C13H25N3O3. The molecule has 0 aromatic carbocycles. The van der Waals surface area contributed by atoms with Crippen molar-refractivity contribution >= 4 is 11.8 Å². The Labute approximate surface area is 114 Å². The first kappa shape index (κ1) is 15.9. The zero-order valence-electron chi connectivity index (χ0n) is 11.9. The van der Waals surface area contributed by atoms with Gasteiger partial charge >= 0.3 is 0 Å². The van der Waals surface area contributed by atoms with Crippen LogP contribution in [0.5, 0.6) is 0 Å². The van der Waals surface area contributed by atoms with Crippen LogP contribution in [0.15, 0.2) is 0 Å². The van der Waals surface area contributed by atoms with E-state index in [-0.39, 0.29) is 24.4 Å². The Hall–Kier alpha value is -1.14. The fraction of sp³-hybridized carbons (Fsp3) is 0.846. The van der Waals surface area contributed by atoms with Crippen molar-refractivity contribution in [1.29, 1.82) is 0 Å². The van der Waals surface area contributed by atoms with Crippen molar-refractivity contribution in [3.8, 4) is 0 Å². The van der Waals surface area contributed by atoms with E-state index in [1.165, 1.54) is 17.7 Å². The van der Waals surface area contributed by atoms with Crippen molar-refractivity contribution in [3.05, 3.63) is 0 Å². The Kier molecular flexibility index (Phi) is 7.43. The van der Waals surface area contributed by atoms with Crippen LogP contribution < -0.4 is 10.6 Å². The van der Waals surface area contributed by atoms with Crippen LogP contribution in [0.3, 0.4) is 0 Å². The number of piperidine rings is 1. The largest absolute Gasteiger partial charge is 0.383 e. The van der Waals surface area contributed by atoms with E-state index in [4.69, 9.17) is 4.74 Å². The molecule has 6 heteroatoms. The van der Waals surface area contributed by atoms with E-state index in [0.717, 1.165) is 13.0 Å². The third-order valence-electron chi connectivity index (χ3n) is 3.27. The summed E-state index contributed by atoms with van der Waals surface area (Å²) in [5.41, 5.74) is 0. The van der Waals surface area contributed by atoms with E-state index >= 15 is 0 Å². The molecule has 0 saturated carbocycles. The smallest absolute Gasteiger partial charge is 0.239 e. The maximum absolute atomic E-state index is 12.0. The Morgan fingerprint density at radius 3 is 2.84 bits per heavy atom. The molecule has 1 aliphatic rings. The molecule has 110 valence electrons. The van der Waals surface area contributed by atoms with Crippen LogP contribution in [0.4, 0.5) is 0 Å². The molecule has 1 heterocycles. The number of nitrogens with one attached hydrogen (secondary N) is 2. The standard InChI is InChI=1S/C13H25N3O3/c1-16(10-12(17)15-7-8-19-2)13(18)9-11-5-3-4-6-14-11/h11,14H,3-10H2,1-2H3,(H,15,17). The molecule has 1 atom stereocenters. The summed E-state index contributed by atoms with van der Waals surface area (Å²) in [4.78, 5) is 25.0. The number of amides is 2. The minimum Gasteiger partial charge on any atom is -0.383 e. The summed E-state index contributed by atoms with van der Waals surface area (Å²) >= 11 is 0. The van der Waals surface area contributed by atoms with Crippen LogP contribution in [-0.4, -0.2) is 63.2 Å². The number of hydrogen-bond donors (Lipinski definition) is 2. The lowest BCUT2D eigenvalue weighted by atomic mass is 10.0. The molecule has 2 amide bonds. The highest BCUT2D eigenvalue weighted by Crippen LogP contribution is 2.10. The van der Waals surface area contributed by atoms with Gasteiger partial charge in [0.15, 0.2) is 0 Å². The molecule has 0 radical (unpaired) electrons. The lowest BCUT2D eigenvalue weighted by Crippen LogP contribution is -2.43. The molecule has 1 fully saturated rings. The molecule has 1 saturated heterocycles. The number of nitrogens with zero attached hydrogens (tertiary/aromatic N) is 1. The fourth-order valence-electron chi connectivity index (χ4n) is 2.12. The minimum atomic E-state index is -0.149. The normalized spacial score (nSPS) is 18.9. The van der Waals surface area contributed by atoms with Crippen LogP contribution in [-0.2, 0) is 14.3 Å². The van der Waals surface area contributed by atoms with Gasteiger partial charge in [-0.1, -0.05) is 6.42 Å². The summed E-state index contributed by atoms with van der Waals surface area (Å²) < 4.78 is 4.84. The number of rotatable bonds is 7. The first-order valence-electron chi connectivity index (χ1n) is 6.86. The van der Waals surface area contributed by atoms with Gasteiger partial charge in [0.25, 0.3) is 0 Å². The van der Waals surface area contributed by atoms with E-state index in [9.17, 15) is 9.59 Å². The zero-order chi connectivity index (χ0) is 14.1. The highest BCUT2D eigenvalue weighted by molar-refractivity contribution is 5.84. The average molecular weight is 271 g/mol. The number of carbonyl (C=O) groups is 2. The fourth-order valence-corrected chi connectivity index (χ4v) is 2.12. The van der Waals surface area contributed by atoms with Crippen molar-refractivity contribution in [1.82, 2.24) is 15.5 Å². The highest BCUT2D eigenvalue weighted by atomic mass is 16.5. The molecule has 1 rings (SSSR count). The van der Waals surface area contributed by atoms with Crippen molar-refractivity contribution < 1.29 is 14.3 Å². The number of carbonyl (C=O) groups excluding carboxylic acids is 2. The van der Waals surface area contributed by atoms with Crippen molar-refractivity contribution in [2.75, 3.05) is 40.4 Å². The predicted molar refractivity (Wildman–Crippen MR) is 72.8 cm³/mol. The van der Waals surface area contributed by atoms with Gasteiger partial charge in [0.2, 0.25) is 11.8 Å². The number of methoxy groups -OCH3 is 1. The summed E-state index contributed by atoms with van der Waals surface area (Å²) in [5, 5.41) is 6.04. The Morgan fingerprint density at radius 2 is 2.21 bits per heavy atom. The Morgan fingerprint density at radius 1 is 1.42 bits per heavy atom. The molecule has 0 spiro atoms. The maximum atomic E-state index is 12.0. The minimum absolute atomic E-state index is 0.0151. The summed E-state index contributed by atoms with van der Waals surface area (Å²) in [6.45, 7) is 2.05. The molecule has 0 bridgehead atoms. The second-order valence-corrected chi connectivity index (χ2v) is 4.94. The quantitative estimate of drug-likeness (QED) is 0.626. The molecular weight excluding hydrogens is 246 g/mol. The summed E-state index contributed by atoms with van der Waals surface area (Å²) in [6, 6.07) is 0.264. The van der Waals surface area contributed by atoms with Crippen molar-refractivity contribution in [2.24, 2.45) is 0 Å². The molecule has 0 aliphatic carbocycles. The van der Waals surface area contributed by atoms with Crippen LogP contribution >= 0.6 is 0 Å². The Bertz CT molecular complexity index is 291. The van der Waals surface area contributed by atoms with E-state index in [2.05, 4.69) is 10.6 Å². The van der Waals surface area contributed by atoms with Crippen molar-refractivity contribution in [3.63, 3.8) is 0 Å². The SMILES string of the molecule is COCCNC(=O)CN(C)C(=O)CC1CCCCN1.